The van der Waals surface area contributed by atoms with Crippen molar-refractivity contribution in [3.05, 3.63) is 51.7 Å². The topological polar surface area (TPSA) is 38.0 Å². The zero-order valence-corrected chi connectivity index (χ0v) is 11.0. The molecule has 0 bridgehead atoms. The lowest BCUT2D eigenvalue weighted by Crippen LogP contribution is -1.96. The first kappa shape index (κ1) is 12.2. The summed E-state index contributed by atoms with van der Waals surface area (Å²) in [5.41, 5.74) is 7.63. The number of nitrogen functional groups attached to an aromatic ring is 1. The summed E-state index contributed by atoms with van der Waals surface area (Å²) in [7, 11) is 0. The molecule has 5 heteroatoms. The molecule has 0 aliphatic heterocycles. The van der Waals surface area contributed by atoms with Crippen molar-refractivity contribution in [2.45, 2.75) is 0 Å². The Kier molecular flexibility index (Phi) is 3.54. The first-order valence-corrected chi connectivity index (χ1v) is 6.00. The number of benzene rings is 2. The molecule has 0 aliphatic carbocycles. The van der Waals surface area contributed by atoms with Crippen molar-refractivity contribution in [1.29, 1.82) is 0 Å². The van der Waals surface area contributed by atoms with Crippen molar-refractivity contribution in [2.24, 2.45) is 0 Å². The van der Waals surface area contributed by atoms with E-state index in [1.807, 2.05) is 12.1 Å². The van der Waals surface area contributed by atoms with Crippen molar-refractivity contribution in [1.82, 2.24) is 0 Å². The summed E-state index contributed by atoms with van der Waals surface area (Å²) in [4.78, 5) is 0. The Morgan fingerprint density at radius 1 is 1.18 bits per heavy atom. The minimum atomic E-state index is -0.395. The van der Waals surface area contributed by atoms with E-state index >= 15 is 0 Å². The summed E-state index contributed by atoms with van der Waals surface area (Å²) >= 11 is 9.11. The molecule has 2 rings (SSSR count). The zero-order chi connectivity index (χ0) is 12.4. The fourth-order valence-corrected chi connectivity index (χ4v) is 2.00. The highest BCUT2D eigenvalue weighted by molar-refractivity contribution is 9.10. The minimum absolute atomic E-state index is 0.334. The number of nitrogens with two attached hydrogens (primary N) is 1. The Morgan fingerprint density at radius 3 is 2.65 bits per heavy atom. The average molecular weight is 316 g/mol. The van der Waals surface area contributed by atoms with Crippen molar-refractivity contribution < 1.29 is 4.39 Å². The Labute approximate surface area is 112 Å². The molecule has 0 spiro atoms. The van der Waals surface area contributed by atoms with Gasteiger partial charge in [-0.05, 0) is 36.4 Å². The van der Waals surface area contributed by atoms with Gasteiger partial charge in [0.25, 0.3) is 0 Å². The third-order valence-electron chi connectivity index (χ3n) is 2.16. The third-order valence-corrected chi connectivity index (χ3v) is 2.87. The van der Waals surface area contributed by atoms with Crippen LogP contribution in [0.1, 0.15) is 0 Å². The van der Waals surface area contributed by atoms with Crippen LogP contribution < -0.4 is 11.1 Å². The van der Waals surface area contributed by atoms with Gasteiger partial charge in [0, 0.05) is 15.2 Å². The number of rotatable bonds is 2. The Balaban J connectivity index is 2.34. The number of anilines is 3. The molecule has 0 fully saturated rings. The van der Waals surface area contributed by atoms with Crippen LogP contribution in [0.5, 0.6) is 0 Å². The predicted octanol–water partition coefficient (Wildman–Crippen LogP) is 4.57. The van der Waals surface area contributed by atoms with Crippen LogP contribution in [0, 0.1) is 5.82 Å². The van der Waals surface area contributed by atoms with Gasteiger partial charge < -0.3 is 11.1 Å². The Hall–Kier alpha value is -1.26. The smallest absolute Gasteiger partial charge is 0.126 e. The summed E-state index contributed by atoms with van der Waals surface area (Å²) < 4.78 is 14.0. The van der Waals surface area contributed by atoms with Gasteiger partial charge in [0.2, 0.25) is 0 Å². The number of halogens is 3. The third kappa shape index (κ3) is 3.11. The minimum Gasteiger partial charge on any atom is -0.397 e. The van der Waals surface area contributed by atoms with E-state index in [1.165, 1.54) is 12.1 Å². The molecule has 2 aromatic rings. The maximum absolute atomic E-state index is 13.1. The summed E-state index contributed by atoms with van der Waals surface area (Å²) in [6, 6.07) is 9.63. The molecule has 0 aromatic heterocycles. The fourth-order valence-electron chi connectivity index (χ4n) is 1.42. The standard InChI is InChI=1S/C12H9BrClFN2/c13-7-1-2-11(16)12(3-7)17-10-5-8(14)4-9(15)6-10/h1-6,17H,16H2. The maximum Gasteiger partial charge on any atom is 0.126 e. The van der Waals surface area contributed by atoms with Crippen LogP contribution in [0.15, 0.2) is 40.9 Å². The van der Waals surface area contributed by atoms with Crippen LogP contribution in [0.3, 0.4) is 0 Å². The molecule has 17 heavy (non-hydrogen) atoms. The molecule has 2 aromatic carbocycles. The monoisotopic (exact) mass is 314 g/mol. The van der Waals surface area contributed by atoms with Gasteiger partial charge in [-0.2, -0.15) is 0 Å². The summed E-state index contributed by atoms with van der Waals surface area (Å²) in [6.45, 7) is 0. The van der Waals surface area contributed by atoms with E-state index in [-0.39, 0.29) is 0 Å². The lowest BCUT2D eigenvalue weighted by atomic mass is 10.2. The van der Waals surface area contributed by atoms with Gasteiger partial charge in [-0.15, -0.1) is 0 Å². The van der Waals surface area contributed by atoms with Crippen LogP contribution in [0.4, 0.5) is 21.5 Å². The Bertz CT molecular complexity index is 540. The highest BCUT2D eigenvalue weighted by Crippen LogP contribution is 2.28. The van der Waals surface area contributed by atoms with Crippen molar-refractivity contribution in [3.8, 4) is 0 Å². The molecule has 0 saturated carbocycles. The molecule has 88 valence electrons. The van der Waals surface area contributed by atoms with Gasteiger partial charge in [-0.1, -0.05) is 27.5 Å². The van der Waals surface area contributed by atoms with Gasteiger partial charge in [0.05, 0.1) is 11.4 Å². The quantitative estimate of drug-likeness (QED) is 0.797. The Morgan fingerprint density at radius 2 is 1.94 bits per heavy atom. The van der Waals surface area contributed by atoms with E-state index < -0.39 is 5.82 Å². The van der Waals surface area contributed by atoms with Crippen molar-refractivity contribution in [2.75, 3.05) is 11.1 Å². The molecule has 0 saturated heterocycles. The first-order valence-electron chi connectivity index (χ1n) is 4.83. The molecule has 3 N–H and O–H groups in total. The average Bonchev–Trinajstić information content (AvgIpc) is 2.22. The predicted molar refractivity (Wildman–Crippen MR) is 73.2 cm³/mol. The van der Waals surface area contributed by atoms with E-state index in [0.717, 1.165) is 4.47 Å². The zero-order valence-electron chi connectivity index (χ0n) is 8.68. The summed E-state index contributed by atoms with van der Waals surface area (Å²) in [5.74, 6) is -0.395. The molecule has 0 aliphatic rings. The highest BCUT2D eigenvalue weighted by atomic mass is 79.9. The van der Waals surface area contributed by atoms with Crippen LogP contribution in [-0.4, -0.2) is 0 Å². The van der Waals surface area contributed by atoms with E-state index in [4.69, 9.17) is 17.3 Å². The summed E-state index contributed by atoms with van der Waals surface area (Å²) in [5, 5.41) is 3.35. The molecule has 2 nitrogen and oxygen atoms in total. The van der Waals surface area contributed by atoms with Crippen LogP contribution >= 0.6 is 27.5 Å². The van der Waals surface area contributed by atoms with Gasteiger partial charge >= 0.3 is 0 Å². The molecular formula is C12H9BrClFN2. The second-order valence-corrected chi connectivity index (χ2v) is 4.87. The lowest BCUT2D eigenvalue weighted by molar-refractivity contribution is 0.628. The normalized spacial score (nSPS) is 10.3. The molecule has 0 atom stereocenters. The van der Waals surface area contributed by atoms with Crippen LogP contribution in [-0.2, 0) is 0 Å². The van der Waals surface area contributed by atoms with Gasteiger partial charge in [-0.25, -0.2) is 4.39 Å². The number of hydrogen-bond acceptors (Lipinski definition) is 2. The number of nitrogens with one attached hydrogen (secondary N) is 1. The lowest BCUT2D eigenvalue weighted by Gasteiger charge is -2.10. The summed E-state index contributed by atoms with van der Waals surface area (Å²) in [6.07, 6.45) is 0. The second kappa shape index (κ2) is 4.94. The fraction of sp³-hybridized carbons (Fsp3) is 0. The van der Waals surface area contributed by atoms with E-state index in [9.17, 15) is 4.39 Å². The van der Waals surface area contributed by atoms with Crippen molar-refractivity contribution in [3.63, 3.8) is 0 Å². The van der Waals surface area contributed by atoms with Crippen LogP contribution in [0.25, 0.3) is 0 Å². The number of hydrogen-bond donors (Lipinski definition) is 2. The van der Waals surface area contributed by atoms with E-state index in [0.29, 0.717) is 22.1 Å². The van der Waals surface area contributed by atoms with Gasteiger partial charge in [-0.3, -0.25) is 0 Å². The van der Waals surface area contributed by atoms with Crippen molar-refractivity contribution >= 4 is 44.6 Å². The van der Waals surface area contributed by atoms with Gasteiger partial charge in [0.15, 0.2) is 0 Å². The largest absolute Gasteiger partial charge is 0.397 e. The van der Waals surface area contributed by atoms with Gasteiger partial charge in [0.1, 0.15) is 5.82 Å². The molecular weight excluding hydrogens is 307 g/mol. The highest BCUT2D eigenvalue weighted by Gasteiger charge is 2.03. The van der Waals surface area contributed by atoms with E-state index in [2.05, 4.69) is 21.2 Å². The van der Waals surface area contributed by atoms with Crippen LogP contribution in [0.2, 0.25) is 5.02 Å². The SMILES string of the molecule is Nc1ccc(Br)cc1Nc1cc(F)cc(Cl)c1. The maximum atomic E-state index is 13.1. The molecule has 0 radical (unpaired) electrons. The molecule has 0 unspecified atom stereocenters. The second-order valence-electron chi connectivity index (χ2n) is 3.51. The first-order chi connectivity index (χ1) is 8.04. The molecule has 0 amide bonds. The molecule has 0 heterocycles. The van der Waals surface area contributed by atoms with E-state index in [1.54, 1.807) is 12.1 Å².